The molecule has 1 fully saturated rings. The lowest BCUT2D eigenvalue weighted by Crippen LogP contribution is -2.45. The largest absolute Gasteiger partial charge is 0.499 e. The molecule has 0 aromatic rings. The average molecular weight is 251 g/mol. The van der Waals surface area contributed by atoms with Crippen molar-refractivity contribution in [3.63, 3.8) is 0 Å². The molecule has 0 saturated carbocycles. The summed E-state index contributed by atoms with van der Waals surface area (Å²) >= 11 is 0. The molecule has 0 amide bonds. The van der Waals surface area contributed by atoms with Crippen molar-refractivity contribution in [2.24, 2.45) is 0 Å². The van der Waals surface area contributed by atoms with Gasteiger partial charge in [0.2, 0.25) is 5.76 Å². The minimum atomic E-state index is -0.000602. The first-order chi connectivity index (χ1) is 8.80. The number of nitrogens with zero attached hydrogens (tertiary/aromatic N) is 3. The highest BCUT2D eigenvalue weighted by atomic mass is 16.5. The monoisotopic (exact) mass is 251 g/mol. The summed E-state index contributed by atoms with van der Waals surface area (Å²) in [7, 11) is 3.17. The number of allylic oxidation sites excluding steroid dienone is 1. The predicted molar refractivity (Wildman–Crippen MR) is 65.0 cm³/mol. The first kappa shape index (κ1) is 12.8. The molecule has 1 atom stereocenters. The highest BCUT2D eigenvalue weighted by Gasteiger charge is 2.32. The van der Waals surface area contributed by atoms with Gasteiger partial charge in [0.25, 0.3) is 0 Å². The van der Waals surface area contributed by atoms with Gasteiger partial charge in [0.1, 0.15) is 5.76 Å². The van der Waals surface area contributed by atoms with Gasteiger partial charge in [0.15, 0.2) is 0 Å². The molecule has 2 aliphatic rings. The van der Waals surface area contributed by atoms with E-state index < -0.39 is 0 Å². The maximum absolute atomic E-state index is 8.94. The van der Waals surface area contributed by atoms with Crippen LogP contribution < -0.4 is 0 Å². The first-order valence-electron chi connectivity index (χ1n) is 5.85. The molecule has 0 aromatic heterocycles. The van der Waals surface area contributed by atoms with Gasteiger partial charge in [-0.05, 0) is 6.08 Å². The number of hydrogen-bond acceptors (Lipinski definition) is 4. The van der Waals surface area contributed by atoms with Crippen LogP contribution in [0.25, 0.3) is 5.53 Å². The van der Waals surface area contributed by atoms with E-state index >= 15 is 0 Å². The fraction of sp³-hybridized carbons (Fsp3) is 0.583. The maximum atomic E-state index is 8.94. The Kier molecular flexibility index (Phi) is 4.15. The highest BCUT2D eigenvalue weighted by molar-refractivity contribution is 6.04. The number of methoxy groups -OCH3 is 2. The van der Waals surface area contributed by atoms with Crippen molar-refractivity contribution in [2.75, 3.05) is 40.5 Å². The second kappa shape index (κ2) is 5.82. The van der Waals surface area contributed by atoms with Crippen LogP contribution in [0.1, 0.15) is 0 Å². The summed E-state index contributed by atoms with van der Waals surface area (Å²) in [4.78, 5) is 5.44. The lowest BCUT2D eigenvalue weighted by Gasteiger charge is -2.34. The number of ether oxygens (including phenoxy) is 3. The van der Waals surface area contributed by atoms with Crippen LogP contribution in [0.4, 0.5) is 0 Å². The van der Waals surface area contributed by atoms with E-state index in [0.29, 0.717) is 24.7 Å². The Bertz CT molecular complexity index is 418. The van der Waals surface area contributed by atoms with E-state index in [-0.39, 0.29) is 6.04 Å². The molecule has 1 unspecified atom stereocenters. The Labute approximate surface area is 106 Å². The Hall–Kier alpha value is -1.62. The minimum Gasteiger partial charge on any atom is -0.499 e. The van der Waals surface area contributed by atoms with Crippen molar-refractivity contribution in [1.82, 2.24) is 4.90 Å². The molecule has 0 aromatic carbocycles. The molecular weight excluding hydrogens is 234 g/mol. The molecular formula is C12H17N3O3. The summed E-state index contributed by atoms with van der Waals surface area (Å²) in [6.07, 6.45) is 3.60. The van der Waals surface area contributed by atoms with E-state index in [1.807, 2.05) is 6.08 Å². The van der Waals surface area contributed by atoms with Gasteiger partial charge in [-0.2, -0.15) is 4.79 Å². The molecule has 6 nitrogen and oxygen atoms in total. The van der Waals surface area contributed by atoms with Crippen LogP contribution in [-0.2, 0) is 14.2 Å². The van der Waals surface area contributed by atoms with Crippen molar-refractivity contribution in [3.8, 4) is 0 Å². The quantitative estimate of drug-likeness (QED) is 0.539. The zero-order valence-corrected chi connectivity index (χ0v) is 10.6. The third-order valence-electron chi connectivity index (χ3n) is 3.13. The molecule has 0 radical (unpaired) electrons. The first-order valence-corrected chi connectivity index (χ1v) is 5.85. The maximum Gasteiger partial charge on any atom is 0.359 e. The number of morpholine rings is 1. The molecule has 1 aliphatic heterocycles. The van der Waals surface area contributed by atoms with Crippen LogP contribution in [0.2, 0.25) is 0 Å². The minimum absolute atomic E-state index is 0.000602. The van der Waals surface area contributed by atoms with E-state index in [2.05, 4.69) is 9.69 Å². The van der Waals surface area contributed by atoms with E-state index in [1.54, 1.807) is 20.3 Å². The Morgan fingerprint density at radius 1 is 1.33 bits per heavy atom. The molecule has 0 bridgehead atoms. The predicted octanol–water partition coefficient (Wildman–Crippen LogP) is 0.432. The zero-order valence-electron chi connectivity index (χ0n) is 10.6. The van der Waals surface area contributed by atoms with Gasteiger partial charge in [-0.25, -0.2) is 0 Å². The summed E-state index contributed by atoms with van der Waals surface area (Å²) < 4.78 is 15.9. The normalized spacial score (nSPS) is 25.0. The van der Waals surface area contributed by atoms with Crippen LogP contribution in [-0.4, -0.2) is 62.0 Å². The lowest BCUT2D eigenvalue weighted by molar-refractivity contribution is -0.00894. The third-order valence-corrected chi connectivity index (χ3v) is 3.13. The number of rotatable bonds is 3. The van der Waals surface area contributed by atoms with E-state index in [4.69, 9.17) is 19.7 Å². The van der Waals surface area contributed by atoms with Crippen LogP contribution >= 0.6 is 0 Å². The average Bonchev–Trinajstić information content (AvgIpc) is 2.46. The molecule has 0 spiro atoms. The van der Waals surface area contributed by atoms with Gasteiger partial charge in [-0.3, -0.25) is 4.90 Å². The van der Waals surface area contributed by atoms with Crippen LogP contribution in [0.5, 0.6) is 0 Å². The van der Waals surface area contributed by atoms with Crippen molar-refractivity contribution < 1.29 is 19.0 Å². The molecule has 2 rings (SSSR count). The van der Waals surface area contributed by atoms with Gasteiger partial charge < -0.3 is 19.7 Å². The molecule has 98 valence electrons. The smallest absolute Gasteiger partial charge is 0.359 e. The van der Waals surface area contributed by atoms with Crippen molar-refractivity contribution in [3.05, 3.63) is 29.2 Å². The second-order valence-corrected chi connectivity index (χ2v) is 4.06. The SMILES string of the molecule is COC1=CC(N2CCOCC2)C(OC)=CC1=[N+]=[N-]. The standard InChI is InChI=1S/C12H17N3O3/c1-16-11-8-10(15-3-5-18-6-4-15)12(17-2)7-9(11)14-13/h7-8,10H,3-6H2,1-2H3. The Morgan fingerprint density at radius 3 is 2.61 bits per heavy atom. The van der Waals surface area contributed by atoms with Gasteiger partial charge in [0, 0.05) is 13.1 Å². The summed E-state index contributed by atoms with van der Waals surface area (Å²) in [6.45, 7) is 3.10. The Morgan fingerprint density at radius 2 is 2.06 bits per heavy atom. The third kappa shape index (κ3) is 2.46. The molecule has 1 saturated heterocycles. The van der Waals surface area contributed by atoms with E-state index in [1.165, 1.54) is 0 Å². The number of hydrogen-bond donors (Lipinski definition) is 0. The zero-order chi connectivity index (χ0) is 13.0. The second-order valence-electron chi connectivity index (χ2n) is 4.06. The summed E-state index contributed by atoms with van der Waals surface area (Å²) in [5.74, 6) is 1.29. The molecule has 18 heavy (non-hydrogen) atoms. The van der Waals surface area contributed by atoms with Gasteiger partial charge in [-0.15, -0.1) is 0 Å². The van der Waals surface area contributed by atoms with Gasteiger partial charge >= 0.3 is 5.71 Å². The van der Waals surface area contributed by atoms with Crippen LogP contribution in [0.3, 0.4) is 0 Å². The van der Waals surface area contributed by atoms with Crippen LogP contribution in [0.15, 0.2) is 23.7 Å². The fourth-order valence-electron chi connectivity index (χ4n) is 2.17. The Balaban J connectivity index is 2.27. The summed E-state index contributed by atoms with van der Waals surface area (Å²) in [5.41, 5.74) is 9.31. The van der Waals surface area contributed by atoms with E-state index in [0.717, 1.165) is 18.8 Å². The van der Waals surface area contributed by atoms with E-state index in [9.17, 15) is 0 Å². The van der Waals surface area contributed by atoms with Crippen molar-refractivity contribution in [2.45, 2.75) is 6.04 Å². The molecule has 0 N–H and O–H groups in total. The topological polar surface area (TPSA) is 67.3 Å². The molecule has 1 aliphatic carbocycles. The summed E-state index contributed by atoms with van der Waals surface area (Å²) in [6, 6.07) is -0.000602. The fourth-order valence-corrected chi connectivity index (χ4v) is 2.17. The summed E-state index contributed by atoms with van der Waals surface area (Å²) in [5, 5.41) is 0. The highest BCUT2D eigenvalue weighted by Crippen LogP contribution is 2.22. The van der Waals surface area contributed by atoms with Crippen molar-refractivity contribution >= 4 is 5.71 Å². The van der Waals surface area contributed by atoms with Crippen molar-refractivity contribution in [1.29, 1.82) is 0 Å². The molecule has 6 heteroatoms. The van der Waals surface area contributed by atoms with Gasteiger partial charge in [0.05, 0.1) is 39.6 Å². The lowest BCUT2D eigenvalue weighted by atomic mass is 10.0. The van der Waals surface area contributed by atoms with Gasteiger partial charge in [-0.1, -0.05) is 0 Å². The van der Waals surface area contributed by atoms with Crippen LogP contribution in [0, 0.1) is 0 Å². The molecule has 1 heterocycles.